The number of amides is 1. The zero-order chi connectivity index (χ0) is 21.5. The number of rotatable bonds is 4. The Morgan fingerprint density at radius 1 is 1.10 bits per heavy atom. The number of quaternary nitrogens is 1. The fourth-order valence-corrected chi connectivity index (χ4v) is 3.85. The van der Waals surface area contributed by atoms with Crippen LogP contribution < -0.4 is 9.96 Å². The molecule has 0 saturated heterocycles. The lowest BCUT2D eigenvalue weighted by atomic mass is 10.0. The first kappa shape index (κ1) is 19.9. The number of nitrogens with one attached hydrogen (secondary N) is 1. The number of carbonyl (C=O) groups is 1. The first-order chi connectivity index (χ1) is 14.2. The number of benzene rings is 2. The van der Waals surface area contributed by atoms with Gasteiger partial charge in [-0.3, -0.25) is 14.5 Å². The van der Waals surface area contributed by atoms with Crippen LogP contribution in [0.25, 0.3) is 17.4 Å². The van der Waals surface area contributed by atoms with Gasteiger partial charge in [-0.15, -0.1) is 0 Å². The Labute approximate surface area is 170 Å². The summed E-state index contributed by atoms with van der Waals surface area (Å²) >= 11 is 0. The van der Waals surface area contributed by atoms with E-state index in [1.807, 2.05) is 30.3 Å². The minimum atomic E-state index is -4.58. The molecule has 2 atom stereocenters. The standard InChI is InChI=1S/C22H17F3N2O3/c1-27(12-11-18-17(27)13-19(30-18)14-5-3-2-4-6-14)20(22(23,24)25)15-7-9-16(10-8-15)21(28)26-29/h2-13,20H,1H3,(H-,26,28,29)/p+1/t20-,27?/m0/s1. The molecule has 0 radical (unpaired) electrons. The third-order valence-electron chi connectivity index (χ3n) is 5.29. The van der Waals surface area contributed by atoms with Crippen LogP contribution in [0.3, 0.4) is 0 Å². The van der Waals surface area contributed by atoms with E-state index in [4.69, 9.17) is 9.62 Å². The molecule has 154 valence electrons. The van der Waals surface area contributed by atoms with Crippen molar-refractivity contribution in [1.29, 1.82) is 0 Å². The van der Waals surface area contributed by atoms with Crippen molar-refractivity contribution in [2.24, 2.45) is 0 Å². The average molecular weight is 415 g/mol. The second-order valence-electron chi connectivity index (χ2n) is 7.20. The van der Waals surface area contributed by atoms with Gasteiger partial charge in [0.05, 0.1) is 7.05 Å². The molecule has 2 N–H and O–H groups in total. The van der Waals surface area contributed by atoms with E-state index in [0.29, 0.717) is 17.2 Å². The van der Waals surface area contributed by atoms with Crippen LogP contribution in [0.5, 0.6) is 0 Å². The maximum Gasteiger partial charge on any atom is 0.446 e. The summed E-state index contributed by atoms with van der Waals surface area (Å²) in [5.41, 5.74) is 2.67. The van der Waals surface area contributed by atoms with Gasteiger partial charge in [0.25, 0.3) is 5.91 Å². The number of hydrogen-bond donors (Lipinski definition) is 2. The summed E-state index contributed by atoms with van der Waals surface area (Å²) in [4.78, 5) is 11.5. The van der Waals surface area contributed by atoms with Crippen LogP contribution in [0.1, 0.15) is 27.7 Å². The highest BCUT2D eigenvalue weighted by atomic mass is 19.4. The minimum absolute atomic E-state index is 0.0144. The van der Waals surface area contributed by atoms with Gasteiger partial charge in [0.1, 0.15) is 12.0 Å². The Morgan fingerprint density at radius 2 is 1.77 bits per heavy atom. The van der Waals surface area contributed by atoms with Crippen LogP contribution in [0.4, 0.5) is 18.9 Å². The average Bonchev–Trinajstić information content (AvgIpc) is 3.29. The number of carbonyl (C=O) groups excluding carboxylic acids is 1. The van der Waals surface area contributed by atoms with E-state index in [9.17, 15) is 18.0 Å². The van der Waals surface area contributed by atoms with Gasteiger partial charge in [0.15, 0.2) is 11.4 Å². The van der Waals surface area contributed by atoms with Gasteiger partial charge in [-0.2, -0.15) is 13.2 Å². The van der Waals surface area contributed by atoms with Gasteiger partial charge in [-0.25, -0.2) is 5.48 Å². The van der Waals surface area contributed by atoms with Crippen molar-refractivity contribution in [2.75, 3.05) is 7.05 Å². The second-order valence-corrected chi connectivity index (χ2v) is 7.20. The summed E-state index contributed by atoms with van der Waals surface area (Å²) < 4.78 is 48.0. The van der Waals surface area contributed by atoms with Crippen LogP contribution in [0.2, 0.25) is 0 Å². The van der Waals surface area contributed by atoms with Crippen LogP contribution in [0.15, 0.2) is 71.3 Å². The van der Waals surface area contributed by atoms with Gasteiger partial charge >= 0.3 is 6.18 Å². The van der Waals surface area contributed by atoms with Crippen molar-refractivity contribution < 1.29 is 27.6 Å². The monoisotopic (exact) mass is 415 g/mol. The highest BCUT2D eigenvalue weighted by Gasteiger charge is 2.56. The number of furan rings is 1. The third kappa shape index (κ3) is 3.30. The summed E-state index contributed by atoms with van der Waals surface area (Å²) in [5.74, 6) is 0.0725. The zero-order valence-corrected chi connectivity index (χ0v) is 15.9. The van der Waals surface area contributed by atoms with Crippen molar-refractivity contribution in [2.45, 2.75) is 12.2 Å². The molecule has 0 saturated carbocycles. The molecule has 5 nitrogen and oxygen atoms in total. The lowest BCUT2D eigenvalue weighted by Crippen LogP contribution is -2.48. The molecule has 8 heteroatoms. The number of nitrogens with zero attached hydrogens (tertiary/aromatic N) is 1. The van der Waals surface area contributed by atoms with E-state index in [1.165, 1.54) is 43.0 Å². The molecule has 0 bridgehead atoms. The molecule has 2 heterocycles. The Balaban J connectivity index is 1.78. The Hall–Kier alpha value is -3.36. The largest absolute Gasteiger partial charge is 0.450 e. The van der Waals surface area contributed by atoms with Gasteiger partial charge in [0.2, 0.25) is 6.04 Å². The van der Waals surface area contributed by atoms with E-state index in [1.54, 1.807) is 12.1 Å². The van der Waals surface area contributed by atoms with Crippen molar-refractivity contribution >= 4 is 17.7 Å². The fourth-order valence-electron chi connectivity index (χ4n) is 3.85. The Kier molecular flexibility index (Phi) is 4.76. The highest BCUT2D eigenvalue weighted by Crippen LogP contribution is 2.50. The van der Waals surface area contributed by atoms with E-state index >= 15 is 0 Å². The maximum absolute atomic E-state index is 14.3. The molecule has 2 aromatic carbocycles. The highest BCUT2D eigenvalue weighted by molar-refractivity contribution is 5.93. The van der Waals surface area contributed by atoms with Crippen molar-refractivity contribution in [3.63, 3.8) is 0 Å². The van der Waals surface area contributed by atoms with E-state index < -0.39 is 22.6 Å². The predicted molar refractivity (Wildman–Crippen MR) is 105 cm³/mol. The number of alkyl halides is 3. The number of hydroxylamine groups is 1. The summed E-state index contributed by atoms with van der Waals surface area (Å²) in [6, 6.07) is 13.9. The molecule has 1 aromatic heterocycles. The van der Waals surface area contributed by atoms with Crippen molar-refractivity contribution in [1.82, 2.24) is 9.96 Å². The molecule has 1 aliphatic rings. The van der Waals surface area contributed by atoms with E-state index in [0.717, 1.165) is 5.56 Å². The molecule has 1 aliphatic heterocycles. The van der Waals surface area contributed by atoms with Crippen LogP contribution in [-0.2, 0) is 0 Å². The van der Waals surface area contributed by atoms with E-state index in [2.05, 4.69) is 0 Å². The molecule has 1 amide bonds. The molecule has 0 aliphatic carbocycles. The fraction of sp³-hybridized carbons (Fsp3) is 0.136. The van der Waals surface area contributed by atoms with Crippen LogP contribution in [-0.4, -0.2) is 24.3 Å². The lowest BCUT2D eigenvalue weighted by Gasteiger charge is -2.36. The predicted octanol–water partition coefficient (Wildman–Crippen LogP) is 5.29. The van der Waals surface area contributed by atoms with Gasteiger partial charge in [0, 0.05) is 28.8 Å². The van der Waals surface area contributed by atoms with Crippen molar-refractivity contribution in [3.05, 3.63) is 83.8 Å². The molecule has 0 fully saturated rings. The first-order valence-electron chi connectivity index (χ1n) is 9.10. The number of hydrogen-bond acceptors (Lipinski definition) is 3. The lowest BCUT2D eigenvalue weighted by molar-refractivity contribution is -0.174. The summed E-state index contributed by atoms with van der Waals surface area (Å²) in [5, 5.41) is 8.71. The summed E-state index contributed by atoms with van der Waals surface area (Å²) in [6.07, 6.45) is -1.57. The zero-order valence-electron chi connectivity index (χ0n) is 15.9. The molecule has 3 aromatic rings. The molecule has 0 spiro atoms. The molecule has 1 unspecified atom stereocenters. The SMILES string of the molecule is C[N+]1([C@@H](c2ccc(C(=O)NO)cc2)C(F)(F)F)C=Cc2oc(-c3ccccc3)cc21. The third-order valence-corrected chi connectivity index (χ3v) is 5.29. The molecule has 30 heavy (non-hydrogen) atoms. The molecular weight excluding hydrogens is 397 g/mol. The topological polar surface area (TPSA) is 62.5 Å². The van der Waals surface area contributed by atoms with Gasteiger partial charge in [-0.05, 0) is 12.1 Å². The van der Waals surface area contributed by atoms with E-state index in [-0.39, 0.29) is 11.1 Å². The van der Waals surface area contributed by atoms with Crippen LogP contribution in [0, 0.1) is 0 Å². The summed E-state index contributed by atoms with van der Waals surface area (Å²) in [7, 11) is 1.47. The Morgan fingerprint density at radius 3 is 2.37 bits per heavy atom. The molecular formula is C22H18F3N2O3+. The van der Waals surface area contributed by atoms with Crippen molar-refractivity contribution in [3.8, 4) is 11.3 Å². The first-order valence-corrected chi connectivity index (χ1v) is 9.10. The Bertz CT molecular complexity index is 1100. The minimum Gasteiger partial charge on any atom is -0.450 e. The second kappa shape index (κ2) is 7.16. The maximum atomic E-state index is 14.3. The number of fused-ring (bicyclic) bond motifs is 1. The van der Waals surface area contributed by atoms with Gasteiger partial charge in [-0.1, -0.05) is 42.5 Å². The normalized spacial score (nSPS) is 18.8. The quantitative estimate of drug-likeness (QED) is 0.346. The smallest absolute Gasteiger partial charge is 0.446 e. The number of halogens is 3. The van der Waals surface area contributed by atoms with Crippen LogP contribution >= 0.6 is 0 Å². The summed E-state index contributed by atoms with van der Waals surface area (Å²) in [6.45, 7) is 0. The molecule has 4 rings (SSSR count). The van der Waals surface area contributed by atoms with Gasteiger partial charge < -0.3 is 4.42 Å².